The highest BCUT2D eigenvalue weighted by molar-refractivity contribution is 9.10. The number of aromatic nitrogens is 2. The molecule has 1 atom stereocenters. The van der Waals surface area contributed by atoms with Crippen LogP contribution in [0.15, 0.2) is 10.8 Å². The topological polar surface area (TPSA) is 47.0 Å². The molecule has 0 fully saturated rings. The highest BCUT2D eigenvalue weighted by Gasteiger charge is 2.09. The van der Waals surface area contributed by atoms with E-state index >= 15 is 0 Å². The van der Waals surface area contributed by atoms with E-state index in [0.29, 0.717) is 22.1 Å². The standard InChI is InChI=1S/C9H13BrClN3O/c1-6(3-4-15-2)14-9-7(10)8(11)12-5-13-9/h5-6H,3-4H2,1-2H3,(H,12,13,14). The van der Waals surface area contributed by atoms with Crippen molar-refractivity contribution in [3.05, 3.63) is 16.0 Å². The minimum Gasteiger partial charge on any atom is -0.385 e. The summed E-state index contributed by atoms with van der Waals surface area (Å²) in [7, 11) is 1.68. The van der Waals surface area contributed by atoms with Crippen LogP contribution >= 0.6 is 27.5 Å². The third-order valence-corrected chi connectivity index (χ3v) is 3.15. The predicted octanol–water partition coefficient (Wildman–Crippen LogP) is 2.73. The van der Waals surface area contributed by atoms with Crippen LogP contribution in [0.25, 0.3) is 0 Å². The zero-order chi connectivity index (χ0) is 11.3. The van der Waals surface area contributed by atoms with Crippen LogP contribution in [0.2, 0.25) is 5.15 Å². The molecule has 0 saturated heterocycles. The highest BCUT2D eigenvalue weighted by atomic mass is 79.9. The number of rotatable bonds is 5. The van der Waals surface area contributed by atoms with Crippen molar-refractivity contribution in [3.8, 4) is 0 Å². The summed E-state index contributed by atoms with van der Waals surface area (Å²) in [4.78, 5) is 7.94. The van der Waals surface area contributed by atoms with E-state index in [1.54, 1.807) is 7.11 Å². The number of ether oxygens (including phenoxy) is 1. The van der Waals surface area contributed by atoms with Crippen molar-refractivity contribution < 1.29 is 4.74 Å². The lowest BCUT2D eigenvalue weighted by Gasteiger charge is -2.14. The number of halogens is 2. The van der Waals surface area contributed by atoms with Gasteiger partial charge in [0.25, 0.3) is 0 Å². The van der Waals surface area contributed by atoms with Gasteiger partial charge in [-0.2, -0.15) is 0 Å². The zero-order valence-electron chi connectivity index (χ0n) is 8.63. The van der Waals surface area contributed by atoms with Crippen LogP contribution in [0, 0.1) is 0 Å². The number of hydrogen-bond donors (Lipinski definition) is 1. The van der Waals surface area contributed by atoms with Crippen molar-refractivity contribution in [2.45, 2.75) is 19.4 Å². The molecule has 0 aliphatic rings. The van der Waals surface area contributed by atoms with E-state index in [9.17, 15) is 0 Å². The summed E-state index contributed by atoms with van der Waals surface area (Å²) in [5.74, 6) is 0.707. The average molecular weight is 295 g/mol. The van der Waals surface area contributed by atoms with Gasteiger partial charge in [0.05, 0.1) is 4.47 Å². The van der Waals surface area contributed by atoms with Crippen molar-refractivity contribution >= 4 is 33.3 Å². The molecule has 0 bridgehead atoms. The summed E-state index contributed by atoms with van der Waals surface area (Å²) in [6.45, 7) is 2.77. The summed E-state index contributed by atoms with van der Waals surface area (Å²) in [5, 5.41) is 3.63. The van der Waals surface area contributed by atoms with Crippen molar-refractivity contribution in [3.63, 3.8) is 0 Å². The molecule has 1 aromatic heterocycles. The summed E-state index contributed by atoms with van der Waals surface area (Å²) < 4.78 is 5.68. The van der Waals surface area contributed by atoms with Crippen LogP contribution in [0.3, 0.4) is 0 Å². The van der Waals surface area contributed by atoms with E-state index in [-0.39, 0.29) is 6.04 Å². The van der Waals surface area contributed by atoms with Crippen LogP contribution in [0.1, 0.15) is 13.3 Å². The number of nitrogens with zero attached hydrogens (tertiary/aromatic N) is 2. The van der Waals surface area contributed by atoms with Gasteiger partial charge in [0.2, 0.25) is 0 Å². The first-order valence-corrected chi connectivity index (χ1v) is 5.73. The number of hydrogen-bond acceptors (Lipinski definition) is 4. The Morgan fingerprint density at radius 3 is 3.00 bits per heavy atom. The molecule has 4 nitrogen and oxygen atoms in total. The molecule has 1 N–H and O–H groups in total. The van der Waals surface area contributed by atoms with Crippen LogP contribution in [-0.4, -0.2) is 29.7 Å². The minimum absolute atomic E-state index is 0.271. The average Bonchev–Trinajstić information content (AvgIpc) is 2.22. The molecule has 15 heavy (non-hydrogen) atoms. The molecule has 0 amide bonds. The number of nitrogens with one attached hydrogen (secondary N) is 1. The van der Waals surface area contributed by atoms with Crippen molar-refractivity contribution in [1.82, 2.24) is 9.97 Å². The van der Waals surface area contributed by atoms with Crippen LogP contribution < -0.4 is 5.32 Å². The van der Waals surface area contributed by atoms with Gasteiger partial charge in [0.15, 0.2) is 0 Å². The SMILES string of the molecule is COCCC(C)Nc1ncnc(Cl)c1Br. The fraction of sp³-hybridized carbons (Fsp3) is 0.556. The van der Waals surface area contributed by atoms with Crippen LogP contribution in [-0.2, 0) is 4.74 Å². The quantitative estimate of drug-likeness (QED) is 0.848. The van der Waals surface area contributed by atoms with Gasteiger partial charge in [0, 0.05) is 19.8 Å². The fourth-order valence-corrected chi connectivity index (χ4v) is 1.50. The Morgan fingerprint density at radius 2 is 2.33 bits per heavy atom. The van der Waals surface area contributed by atoms with Gasteiger partial charge in [-0.3, -0.25) is 0 Å². The third-order valence-electron chi connectivity index (χ3n) is 1.89. The second-order valence-corrected chi connectivity index (χ2v) is 4.30. The molecule has 0 aliphatic carbocycles. The lowest BCUT2D eigenvalue weighted by atomic mass is 10.2. The second-order valence-electron chi connectivity index (χ2n) is 3.15. The van der Waals surface area contributed by atoms with Gasteiger partial charge < -0.3 is 10.1 Å². The van der Waals surface area contributed by atoms with Gasteiger partial charge in [0.1, 0.15) is 17.3 Å². The third kappa shape index (κ3) is 3.93. The first-order valence-electron chi connectivity index (χ1n) is 4.56. The number of methoxy groups -OCH3 is 1. The Morgan fingerprint density at radius 1 is 1.60 bits per heavy atom. The van der Waals surface area contributed by atoms with E-state index in [1.807, 2.05) is 0 Å². The summed E-state index contributed by atoms with van der Waals surface area (Å²) in [6, 6.07) is 0.271. The maximum absolute atomic E-state index is 5.84. The van der Waals surface area contributed by atoms with E-state index in [1.165, 1.54) is 6.33 Å². The Kier molecular flexibility index (Phi) is 5.28. The molecular weight excluding hydrogens is 281 g/mol. The maximum Gasteiger partial charge on any atom is 0.148 e. The second kappa shape index (κ2) is 6.25. The Balaban J connectivity index is 2.60. The Hall–Kier alpha value is -0.390. The molecule has 0 saturated carbocycles. The van der Waals surface area contributed by atoms with Crippen molar-refractivity contribution in [2.75, 3.05) is 19.0 Å². The molecule has 0 spiro atoms. The zero-order valence-corrected chi connectivity index (χ0v) is 11.0. The molecule has 0 aliphatic heterocycles. The van der Waals surface area contributed by atoms with Crippen molar-refractivity contribution in [1.29, 1.82) is 0 Å². The molecule has 1 aromatic rings. The van der Waals surface area contributed by atoms with Crippen LogP contribution in [0.4, 0.5) is 5.82 Å². The minimum atomic E-state index is 0.271. The molecule has 6 heteroatoms. The van der Waals surface area contributed by atoms with Gasteiger partial charge >= 0.3 is 0 Å². The normalized spacial score (nSPS) is 12.5. The highest BCUT2D eigenvalue weighted by Crippen LogP contribution is 2.26. The Labute approximate surface area is 103 Å². The van der Waals surface area contributed by atoms with Gasteiger partial charge in [-0.25, -0.2) is 9.97 Å². The molecular formula is C9H13BrClN3O. The monoisotopic (exact) mass is 293 g/mol. The summed E-state index contributed by atoms with van der Waals surface area (Å²) in [6.07, 6.45) is 2.34. The first-order chi connectivity index (χ1) is 7.15. The first kappa shape index (κ1) is 12.7. The molecule has 0 radical (unpaired) electrons. The van der Waals surface area contributed by atoms with E-state index in [2.05, 4.69) is 38.1 Å². The van der Waals surface area contributed by atoms with Gasteiger partial charge in [-0.1, -0.05) is 11.6 Å². The largest absolute Gasteiger partial charge is 0.385 e. The maximum atomic E-state index is 5.84. The summed E-state index contributed by atoms with van der Waals surface area (Å²) >= 11 is 9.17. The molecule has 84 valence electrons. The van der Waals surface area contributed by atoms with Gasteiger partial charge in [-0.15, -0.1) is 0 Å². The van der Waals surface area contributed by atoms with Gasteiger partial charge in [-0.05, 0) is 29.3 Å². The molecule has 0 aromatic carbocycles. The lowest BCUT2D eigenvalue weighted by molar-refractivity contribution is 0.191. The summed E-state index contributed by atoms with van der Waals surface area (Å²) in [5.41, 5.74) is 0. The van der Waals surface area contributed by atoms with Crippen LogP contribution in [0.5, 0.6) is 0 Å². The van der Waals surface area contributed by atoms with E-state index < -0.39 is 0 Å². The number of anilines is 1. The predicted molar refractivity (Wildman–Crippen MR) is 64.3 cm³/mol. The van der Waals surface area contributed by atoms with Crippen molar-refractivity contribution in [2.24, 2.45) is 0 Å². The smallest absolute Gasteiger partial charge is 0.148 e. The fourth-order valence-electron chi connectivity index (χ4n) is 1.05. The lowest BCUT2D eigenvalue weighted by Crippen LogP contribution is -2.18. The molecule has 1 rings (SSSR count). The van der Waals surface area contributed by atoms with E-state index in [0.717, 1.165) is 6.42 Å². The van der Waals surface area contributed by atoms with E-state index in [4.69, 9.17) is 16.3 Å². The molecule has 1 heterocycles. The molecule has 1 unspecified atom stereocenters. The Bertz CT molecular complexity index is 324.